The number of nitro groups is 1. The molecule has 9 heteroatoms. The highest BCUT2D eigenvalue weighted by Gasteiger charge is 2.13. The molecule has 0 spiro atoms. The van der Waals surface area contributed by atoms with Crippen LogP contribution in [-0.4, -0.2) is 32.1 Å². The molecule has 0 fully saturated rings. The molecule has 0 saturated heterocycles. The minimum Gasteiger partial charge on any atom is -0.357 e. The zero-order valence-corrected chi connectivity index (χ0v) is 16.9. The first-order chi connectivity index (χ1) is 13.2. The summed E-state index contributed by atoms with van der Waals surface area (Å²) in [5.41, 5.74) is 2.16. The fourth-order valence-electron chi connectivity index (χ4n) is 2.76. The number of aliphatic imine (C=N–C) groups is 1. The van der Waals surface area contributed by atoms with E-state index in [2.05, 4.69) is 15.6 Å². The maximum atomic E-state index is 11.7. The summed E-state index contributed by atoms with van der Waals surface area (Å²) >= 11 is 0. The van der Waals surface area contributed by atoms with Gasteiger partial charge in [0.1, 0.15) is 0 Å². The van der Waals surface area contributed by atoms with Crippen molar-refractivity contribution < 1.29 is 13.3 Å². The molecule has 8 nitrogen and oxygen atoms in total. The summed E-state index contributed by atoms with van der Waals surface area (Å²) < 4.78 is 23.4. The van der Waals surface area contributed by atoms with Crippen molar-refractivity contribution in [2.45, 2.75) is 31.8 Å². The third-order valence-corrected chi connectivity index (χ3v) is 5.29. The average Bonchev–Trinajstić information content (AvgIpc) is 2.63. The van der Waals surface area contributed by atoms with Crippen LogP contribution in [0, 0.1) is 17.0 Å². The van der Waals surface area contributed by atoms with Crippen LogP contribution in [0.25, 0.3) is 0 Å². The largest absolute Gasteiger partial charge is 0.357 e. The van der Waals surface area contributed by atoms with E-state index in [-0.39, 0.29) is 12.2 Å². The fourth-order valence-corrected chi connectivity index (χ4v) is 3.71. The van der Waals surface area contributed by atoms with Gasteiger partial charge in [0.05, 0.1) is 16.4 Å². The third kappa shape index (κ3) is 5.78. The molecule has 2 N–H and O–H groups in total. The van der Waals surface area contributed by atoms with Crippen molar-refractivity contribution in [3.63, 3.8) is 0 Å². The Labute approximate surface area is 164 Å². The molecule has 0 unspecified atom stereocenters. The van der Waals surface area contributed by atoms with Gasteiger partial charge in [-0.2, -0.15) is 0 Å². The van der Waals surface area contributed by atoms with Crippen molar-refractivity contribution >= 4 is 21.5 Å². The SMILES string of the molecule is CCNC(=NCc1ccc(S(C)(=O)=O)c(C)c1)NCc1ccccc1[N+](=O)[O-]. The summed E-state index contributed by atoms with van der Waals surface area (Å²) in [5, 5.41) is 17.3. The number of benzene rings is 2. The molecule has 0 aromatic heterocycles. The van der Waals surface area contributed by atoms with Crippen LogP contribution in [0.15, 0.2) is 52.4 Å². The van der Waals surface area contributed by atoms with Crippen LogP contribution in [0.5, 0.6) is 0 Å². The summed E-state index contributed by atoms with van der Waals surface area (Å²) in [7, 11) is -3.26. The van der Waals surface area contributed by atoms with E-state index in [0.29, 0.717) is 35.1 Å². The van der Waals surface area contributed by atoms with Gasteiger partial charge >= 0.3 is 0 Å². The molecular formula is C19H24N4O4S. The molecule has 0 amide bonds. The van der Waals surface area contributed by atoms with Crippen molar-refractivity contribution in [1.82, 2.24) is 10.6 Å². The van der Waals surface area contributed by atoms with Gasteiger partial charge in [-0.3, -0.25) is 10.1 Å². The number of nitrogens with one attached hydrogen (secondary N) is 2. The second-order valence-corrected chi connectivity index (χ2v) is 8.29. The van der Waals surface area contributed by atoms with Crippen LogP contribution in [-0.2, 0) is 22.9 Å². The zero-order valence-electron chi connectivity index (χ0n) is 16.1. The summed E-state index contributed by atoms with van der Waals surface area (Å²) in [6.07, 6.45) is 1.18. The van der Waals surface area contributed by atoms with Gasteiger partial charge in [-0.1, -0.05) is 30.3 Å². The molecule has 28 heavy (non-hydrogen) atoms. The molecule has 0 saturated carbocycles. The standard InChI is InChI=1S/C19H24N4O4S/c1-4-20-19(22-13-16-7-5-6-8-17(16)23(24)25)21-12-15-9-10-18(14(2)11-15)28(3,26)27/h5-11H,4,12-13H2,1-3H3,(H2,20,21,22). The van der Waals surface area contributed by atoms with Gasteiger partial charge in [0, 0.05) is 31.0 Å². The summed E-state index contributed by atoms with van der Waals surface area (Å²) in [5.74, 6) is 0.519. The smallest absolute Gasteiger partial charge is 0.274 e. The van der Waals surface area contributed by atoms with Gasteiger partial charge in [-0.05, 0) is 31.0 Å². The second-order valence-electron chi connectivity index (χ2n) is 6.31. The first-order valence-corrected chi connectivity index (χ1v) is 10.7. The van der Waals surface area contributed by atoms with Gasteiger partial charge < -0.3 is 10.6 Å². The predicted molar refractivity (Wildman–Crippen MR) is 109 cm³/mol. The number of para-hydroxylation sites is 1. The van der Waals surface area contributed by atoms with Gasteiger partial charge in [0.2, 0.25) is 0 Å². The van der Waals surface area contributed by atoms with E-state index >= 15 is 0 Å². The van der Waals surface area contributed by atoms with E-state index in [1.54, 1.807) is 43.3 Å². The Kier molecular flexibility index (Phi) is 7.11. The number of hydrogen-bond acceptors (Lipinski definition) is 5. The van der Waals surface area contributed by atoms with E-state index < -0.39 is 14.8 Å². The fraction of sp³-hybridized carbons (Fsp3) is 0.316. The third-order valence-electron chi connectivity index (χ3n) is 4.04. The Hall–Kier alpha value is -2.94. The Morgan fingerprint density at radius 2 is 1.89 bits per heavy atom. The lowest BCUT2D eigenvalue weighted by atomic mass is 10.1. The number of rotatable bonds is 7. The number of guanidine groups is 1. The molecule has 0 radical (unpaired) electrons. The maximum Gasteiger partial charge on any atom is 0.274 e. The summed E-state index contributed by atoms with van der Waals surface area (Å²) in [6, 6.07) is 11.7. The molecule has 0 aliphatic carbocycles. The maximum absolute atomic E-state index is 11.7. The minimum absolute atomic E-state index is 0.0536. The van der Waals surface area contributed by atoms with Crippen molar-refractivity contribution in [3.05, 3.63) is 69.3 Å². The Morgan fingerprint density at radius 3 is 2.50 bits per heavy atom. The quantitative estimate of drug-likeness (QED) is 0.317. The van der Waals surface area contributed by atoms with Crippen LogP contribution in [0.4, 0.5) is 5.69 Å². The molecule has 2 aromatic rings. The Bertz CT molecular complexity index is 987. The second kappa shape index (κ2) is 9.32. The average molecular weight is 404 g/mol. The van der Waals surface area contributed by atoms with Gasteiger partial charge in [-0.25, -0.2) is 13.4 Å². The van der Waals surface area contributed by atoms with E-state index in [9.17, 15) is 18.5 Å². The molecule has 0 bridgehead atoms. The highest BCUT2D eigenvalue weighted by molar-refractivity contribution is 7.90. The summed E-state index contributed by atoms with van der Waals surface area (Å²) in [4.78, 5) is 15.5. The first-order valence-electron chi connectivity index (χ1n) is 8.76. The van der Waals surface area contributed by atoms with E-state index in [0.717, 1.165) is 5.56 Å². The molecule has 0 aliphatic rings. The van der Waals surface area contributed by atoms with Gasteiger partial charge in [0.25, 0.3) is 5.69 Å². The van der Waals surface area contributed by atoms with Crippen LogP contribution in [0.1, 0.15) is 23.6 Å². The van der Waals surface area contributed by atoms with E-state index in [4.69, 9.17) is 0 Å². The number of sulfone groups is 1. The highest BCUT2D eigenvalue weighted by atomic mass is 32.2. The lowest BCUT2D eigenvalue weighted by Crippen LogP contribution is -2.36. The Morgan fingerprint density at radius 1 is 1.18 bits per heavy atom. The normalized spacial score (nSPS) is 11.9. The molecule has 0 aliphatic heterocycles. The molecule has 2 aromatic carbocycles. The van der Waals surface area contributed by atoms with Crippen LogP contribution < -0.4 is 10.6 Å². The monoisotopic (exact) mass is 404 g/mol. The van der Waals surface area contributed by atoms with Gasteiger partial charge in [-0.15, -0.1) is 0 Å². The molecular weight excluding hydrogens is 380 g/mol. The predicted octanol–water partition coefficient (Wildman–Crippen LogP) is 2.56. The number of hydrogen-bond donors (Lipinski definition) is 2. The van der Waals surface area contributed by atoms with Crippen LogP contribution in [0.2, 0.25) is 0 Å². The topological polar surface area (TPSA) is 114 Å². The van der Waals surface area contributed by atoms with E-state index in [1.165, 1.54) is 12.3 Å². The molecule has 0 heterocycles. The van der Waals surface area contributed by atoms with Gasteiger partial charge in [0.15, 0.2) is 15.8 Å². The van der Waals surface area contributed by atoms with Crippen molar-refractivity contribution in [3.8, 4) is 0 Å². The molecule has 150 valence electrons. The molecule has 0 atom stereocenters. The highest BCUT2D eigenvalue weighted by Crippen LogP contribution is 2.18. The number of nitro benzene ring substituents is 1. The first kappa shape index (κ1) is 21.4. The number of aryl methyl sites for hydroxylation is 1. The number of nitrogens with zero attached hydrogens (tertiary/aromatic N) is 2. The van der Waals surface area contributed by atoms with Crippen LogP contribution in [0.3, 0.4) is 0 Å². The van der Waals surface area contributed by atoms with Crippen molar-refractivity contribution in [2.24, 2.45) is 4.99 Å². The zero-order chi connectivity index (χ0) is 20.7. The minimum atomic E-state index is -3.26. The lowest BCUT2D eigenvalue weighted by molar-refractivity contribution is -0.385. The summed E-state index contributed by atoms with van der Waals surface area (Å²) in [6.45, 7) is 4.91. The lowest BCUT2D eigenvalue weighted by Gasteiger charge is -2.12. The van der Waals surface area contributed by atoms with E-state index in [1.807, 2.05) is 6.92 Å². The van der Waals surface area contributed by atoms with Crippen molar-refractivity contribution in [2.75, 3.05) is 12.8 Å². The van der Waals surface area contributed by atoms with Crippen molar-refractivity contribution in [1.29, 1.82) is 0 Å². The molecule has 2 rings (SSSR count). The Balaban J connectivity index is 2.13. The van der Waals surface area contributed by atoms with Crippen LogP contribution >= 0.6 is 0 Å².